The topological polar surface area (TPSA) is 49.3 Å². The third kappa shape index (κ3) is 6.29. The Balaban J connectivity index is 0.000000276. The molecule has 0 aliphatic heterocycles. The molecule has 3 nitrogen and oxygen atoms in total. The molecule has 106 valence electrons. The van der Waals surface area contributed by atoms with Crippen LogP contribution >= 0.6 is 12.6 Å². The van der Waals surface area contributed by atoms with Gasteiger partial charge in [0.15, 0.2) is 0 Å². The van der Waals surface area contributed by atoms with Crippen molar-refractivity contribution in [3.8, 4) is 5.75 Å². The van der Waals surface area contributed by atoms with Gasteiger partial charge in [0.2, 0.25) is 5.91 Å². The lowest BCUT2D eigenvalue weighted by atomic mass is 10.2. The zero-order valence-corrected chi connectivity index (χ0v) is 12.3. The molecule has 2 rings (SSSR count). The minimum atomic E-state index is -0.118. The Kier molecular flexibility index (Phi) is 7.29. The van der Waals surface area contributed by atoms with Crippen LogP contribution in [0.4, 0.5) is 5.69 Å². The van der Waals surface area contributed by atoms with E-state index in [0.29, 0.717) is 11.4 Å². The molecule has 20 heavy (non-hydrogen) atoms. The minimum Gasteiger partial charge on any atom is -0.508 e. The quantitative estimate of drug-likeness (QED) is 0.597. The Labute approximate surface area is 125 Å². The molecule has 0 aliphatic carbocycles. The lowest BCUT2D eigenvalue weighted by molar-refractivity contribution is -0.118. The smallest absolute Gasteiger partial charge is 0.228 e. The number of carbonyl (C=O) groups excluding carboxylic acids is 1. The number of nitrogens with one attached hydrogen (secondary N) is 1. The largest absolute Gasteiger partial charge is 0.508 e. The predicted molar refractivity (Wildman–Crippen MR) is 86.2 cm³/mol. The molecule has 0 heterocycles. The van der Waals surface area contributed by atoms with Crippen LogP contribution in [-0.2, 0) is 4.79 Å². The van der Waals surface area contributed by atoms with Crippen molar-refractivity contribution < 1.29 is 9.90 Å². The minimum absolute atomic E-state index is 0.0642. The summed E-state index contributed by atoms with van der Waals surface area (Å²) in [7, 11) is 0. The number of thiol groups is 1. The molecule has 0 radical (unpaired) electrons. The number of hydrogen-bond acceptors (Lipinski definition) is 3. The molecule has 0 saturated heterocycles. The summed E-state index contributed by atoms with van der Waals surface area (Å²) in [6.45, 7) is 1.81. The molecule has 0 bridgehead atoms. The molecule has 0 aliphatic rings. The van der Waals surface area contributed by atoms with E-state index in [-0.39, 0.29) is 17.6 Å². The number of benzene rings is 2. The van der Waals surface area contributed by atoms with Gasteiger partial charge in [-0.25, -0.2) is 0 Å². The number of anilines is 1. The summed E-state index contributed by atoms with van der Waals surface area (Å²) >= 11 is 4.04. The third-order valence-electron chi connectivity index (χ3n) is 2.52. The fourth-order valence-electron chi connectivity index (χ4n) is 1.28. The summed E-state index contributed by atoms with van der Waals surface area (Å²) in [4.78, 5) is 11.4. The molecule has 0 spiro atoms. The second-order valence-corrected chi connectivity index (χ2v) is 4.64. The van der Waals surface area contributed by atoms with E-state index in [2.05, 4.69) is 17.9 Å². The lowest BCUT2D eigenvalue weighted by Gasteiger charge is -2.09. The van der Waals surface area contributed by atoms with Crippen molar-refractivity contribution in [2.45, 2.75) is 6.92 Å². The standard InChI is InChI=1S/C10H13NO2S.C6H6/c1-7(6-14)10(13)11-8-2-4-9(12)5-3-8;1-2-4-6-5-3-1/h2-5,7,12,14H,6H2,1H3,(H,11,13);1-6H. The first-order valence-corrected chi connectivity index (χ1v) is 6.97. The van der Waals surface area contributed by atoms with Crippen molar-refractivity contribution >= 4 is 24.2 Å². The number of amides is 1. The van der Waals surface area contributed by atoms with Crippen LogP contribution < -0.4 is 5.32 Å². The number of hydrogen-bond donors (Lipinski definition) is 3. The van der Waals surface area contributed by atoms with E-state index in [1.54, 1.807) is 12.1 Å². The third-order valence-corrected chi connectivity index (χ3v) is 3.07. The monoisotopic (exact) mass is 289 g/mol. The van der Waals surface area contributed by atoms with E-state index in [1.807, 2.05) is 43.3 Å². The summed E-state index contributed by atoms with van der Waals surface area (Å²) < 4.78 is 0. The van der Waals surface area contributed by atoms with Crippen molar-refractivity contribution in [1.29, 1.82) is 0 Å². The van der Waals surface area contributed by atoms with Crippen LogP contribution in [0.2, 0.25) is 0 Å². The first-order chi connectivity index (χ1) is 9.63. The molecule has 0 fully saturated rings. The van der Waals surface area contributed by atoms with Gasteiger partial charge in [0, 0.05) is 17.4 Å². The maximum absolute atomic E-state index is 11.4. The molecular weight excluding hydrogens is 270 g/mol. The Hall–Kier alpha value is -1.94. The fourth-order valence-corrected chi connectivity index (χ4v) is 1.44. The molecular formula is C16H19NO2S. The normalized spacial score (nSPS) is 10.9. The highest BCUT2D eigenvalue weighted by Crippen LogP contribution is 2.14. The molecule has 2 aromatic carbocycles. The maximum Gasteiger partial charge on any atom is 0.228 e. The van der Waals surface area contributed by atoms with E-state index in [0.717, 1.165) is 0 Å². The van der Waals surface area contributed by atoms with E-state index < -0.39 is 0 Å². The van der Waals surface area contributed by atoms with Gasteiger partial charge in [-0.2, -0.15) is 12.6 Å². The first kappa shape index (κ1) is 16.1. The van der Waals surface area contributed by atoms with Crippen molar-refractivity contribution in [3.63, 3.8) is 0 Å². The van der Waals surface area contributed by atoms with Crippen LogP contribution in [0, 0.1) is 5.92 Å². The van der Waals surface area contributed by atoms with Gasteiger partial charge < -0.3 is 10.4 Å². The summed E-state index contributed by atoms with van der Waals surface area (Å²) in [5.74, 6) is 0.521. The van der Waals surface area contributed by atoms with Gasteiger partial charge in [0.05, 0.1) is 0 Å². The van der Waals surface area contributed by atoms with Gasteiger partial charge in [-0.3, -0.25) is 4.79 Å². The summed E-state index contributed by atoms with van der Waals surface area (Å²) in [5.41, 5.74) is 0.682. The van der Waals surface area contributed by atoms with E-state index in [9.17, 15) is 4.79 Å². The second-order valence-electron chi connectivity index (χ2n) is 4.27. The number of aromatic hydroxyl groups is 1. The van der Waals surface area contributed by atoms with Gasteiger partial charge >= 0.3 is 0 Å². The molecule has 2 N–H and O–H groups in total. The van der Waals surface area contributed by atoms with Crippen LogP contribution in [0.25, 0.3) is 0 Å². The molecule has 0 aromatic heterocycles. The molecule has 1 unspecified atom stereocenters. The lowest BCUT2D eigenvalue weighted by Crippen LogP contribution is -2.21. The van der Waals surface area contributed by atoms with E-state index in [1.165, 1.54) is 12.1 Å². The van der Waals surface area contributed by atoms with Crippen molar-refractivity contribution in [2.24, 2.45) is 5.92 Å². The van der Waals surface area contributed by atoms with Gasteiger partial charge in [0.1, 0.15) is 5.75 Å². The second kappa shape index (κ2) is 9.04. The number of phenolic OH excluding ortho intramolecular Hbond substituents is 1. The average Bonchev–Trinajstić information content (AvgIpc) is 2.51. The zero-order valence-electron chi connectivity index (χ0n) is 11.4. The van der Waals surface area contributed by atoms with Gasteiger partial charge in [-0.1, -0.05) is 43.3 Å². The highest BCUT2D eigenvalue weighted by Gasteiger charge is 2.10. The Bertz CT molecular complexity index is 473. The summed E-state index contributed by atoms with van der Waals surface area (Å²) in [6.07, 6.45) is 0. The Morgan fingerprint density at radius 3 is 1.95 bits per heavy atom. The van der Waals surface area contributed by atoms with Crippen molar-refractivity contribution in [3.05, 3.63) is 60.7 Å². The average molecular weight is 289 g/mol. The SMILES string of the molecule is CC(CS)C(=O)Nc1ccc(O)cc1.c1ccccc1. The van der Waals surface area contributed by atoms with Crippen molar-refractivity contribution in [2.75, 3.05) is 11.1 Å². The van der Waals surface area contributed by atoms with Crippen LogP contribution in [0.5, 0.6) is 5.75 Å². The van der Waals surface area contributed by atoms with Crippen LogP contribution in [0.3, 0.4) is 0 Å². The highest BCUT2D eigenvalue weighted by molar-refractivity contribution is 7.80. The molecule has 2 aromatic rings. The van der Waals surface area contributed by atoms with E-state index in [4.69, 9.17) is 5.11 Å². The number of rotatable bonds is 3. The van der Waals surface area contributed by atoms with Crippen molar-refractivity contribution in [1.82, 2.24) is 0 Å². The molecule has 1 amide bonds. The molecule has 4 heteroatoms. The summed E-state index contributed by atoms with van der Waals surface area (Å²) in [5, 5.41) is 11.7. The van der Waals surface area contributed by atoms with E-state index >= 15 is 0 Å². The highest BCUT2D eigenvalue weighted by atomic mass is 32.1. The first-order valence-electron chi connectivity index (χ1n) is 6.34. The zero-order chi connectivity index (χ0) is 14.8. The van der Waals surface area contributed by atoms with Gasteiger partial charge in [-0.05, 0) is 24.3 Å². The number of carbonyl (C=O) groups is 1. The van der Waals surface area contributed by atoms with Crippen LogP contribution in [-0.4, -0.2) is 16.8 Å². The Morgan fingerprint density at radius 1 is 1.10 bits per heavy atom. The number of phenols is 1. The maximum atomic E-state index is 11.4. The fraction of sp³-hybridized carbons (Fsp3) is 0.188. The predicted octanol–water partition coefficient (Wildman–Crippen LogP) is 3.58. The molecule has 0 saturated carbocycles. The Morgan fingerprint density at radius 2 is 1.55 bits per heavy atom. The molecule has 1 atom stereocenters. The van der Waals surface area contributed by atoms with Gasteiger partial charge in [-0.15, -0.1) is 0 Å². The van der Waals surface area contributed by atoms with Crippen LogP contribution in [0.1, 0.15) is 6.92 Å². The summed E-state index contributed by atoms with van der Waals surface area (Å²) in [6, 6.07) is 18.4. The van der Waals surface area contributed by atoms with Gasteiger partial charge in [0.25, 0.3) is 0 Å². The van der Waals surface area contributed by atoms with Crippen LogP contribution in [0.15, 0.2) is 60.7 Å².